The van der Waals surface area contributed by atoms with Crippen LogP contribution in [0.3, 0.4) is 0 Å². The van der Waals surface area contributed by atoms with Crippen LogP contribution in [-0.2, 0) is 4.74 Å². The normalized spacial score (nSPS) is 25.8. The zero-order chi connectivity index (χ0) is 17.4. The lowest BCUT2D eigenvalue weighted by molar-refractivity contribution is -0.0951. The SMILES string of the molecule is COc1ccc(C(=O)N2CC3(CC(N4CCCCC4)CO3)C2)cc1F. The molecule has 3 saturated heterocycles. The van der Waals surface area contributed by atoms with E-state index in [1.807, 2.05) is 0 Å². The second-order valence-corrected chi connectivity index (χ2v) is 7.46. The average Bonchev–Trinajstić information content (AvgIpc) is 3.06. The molecular formula is C19H25FN2O3. The summed E-state index contributed by atoms with van der Waals surface area (Å²) < 4.78 is 24.8. The van der Waals surface area contributed by atoms with Crippen molar-refractivity contribution in [2.75, 3.05) is 39.9 Å². The first-order chi connectivity index (χ1) is 12.1. The van der Waals surface area contributed by atoms with Gasteiger partial charge in [0, 0.05) is 11.6 Å². The maximum Gasteiger partial charge on any atom is 0.254 e. The topological polar surface area (TPSA) is 42.0 Å². The van der Waals surface area contributed by atoms with Crippen molar-refractivity contribution in [2.45, 2.75) is 37.3 Å². The summed E-state index contributed by atoms with van der Waals surface area (Å²) >= 11 is 0. The van der Waals surface area contributed by atoms with Crippen LogP contribution >= 0.6 is 0 Å². The summed E-state index contributed by atoms with van der Waals surface area (Å²) in [6.07, 6.45) is 4.87. The highest BCUT2D eigenvalue weighted by Gasteiger charge is 2.52. The molecule has 1 unspecified atom stereocenters. The summed E-state index contributed by atoms with van der Waals surface area (Å²) in [7, 11) is 1.41. The van der Waals surface area contributed by atoms with E-state index in [0.29, 0.717) is 24.7 Å². The van der Waals surface area contributed by atoms with E-state index in [9.17, 15) is 9.18 Å². The smallest absolute Gasteiger partial charge is 0.254 e. The largest absolute Gasteiger partial charge is 0.494 e. The molecule has 3 fully saturated rings. The van der Waals surface area contributed by atoms with Crippen molar-refractivity contribution in [3.8, 4) is 5.75 Å². The van der Waals surface area contributed by atoms with Gasteiger partial charge in [-0.3, -0.25) is 9.69 Å². The standard InChI is InChI=1S/C19H25FN2O3/c1-24-17-6-5-14(9-16(17)20)18(23)22-12-19(13-22)10-15(11-25-19)21-7-3-2-4-8-21/h5-6,9,15H,2-4,7-8,10-13H2,1H3. The summed E-state index contributed by atoms with van der Waals surface area (Å²) in [5, 5.41) is 0. The molecule has 5 nitrogen and oxygen atoms in total. The molecule has 6 heteroatoms. The molecular weight excluding hydrogens is 323 g/mol. The van der Waals surface area contributed by atoms with Gasteiger partial charge in [0.25, 0.3) is 5.91 Å². The van der Waals surface area contributed by atoms with E-state index < -0.39 is 5.82 Å². The molecule has 1 amide bonds. The molecule has 3 heterocycles. The predicted octanol–water partition coefficient (Wildman–Crippen LogP) is 2.30. The molecule has 136 valence electrons. The molecule has 1 atom stereocenters. The van der Waals surface area contributed by atoms with Gasteiger partial charge >= 0.3 is 0 Å². The molecule has 0 aliphatic carbocycles. The lowest BCUT2D eigenvalue weighted by Gasteiger charge is -2.47. The van der Waals surface area contributed by atoms with E-state index in [2.05, 4.69) is 4.90 Å². The minimum atomic E-state index is -0.508. The number of likely N-dealkylation sites (tertiary alicyclic amines) is 2. The van der Waals surface area contributed by atoms with Crippen LogP contribution < -0.4 is 4.74 Å². The summed E-state index contributed by atoms with van der Waals surface area (Å²) in [4.78, 5) is 16.8. The Morgan fingerprint density at radius 2 is 2.04 bits per heavy atom. The van der Waals surface area contributed by atoms with Crippen molar-refractivity contribution in [2.24, 2.45) is 0 Å². The molecule has 1 aromatic carbocycles. The Labute approximate surface area is 147 Å². The monoisotopic (exact) mass is 348 g/mol. The van der Waals surface area contributed by atoms with Crippen LogP contribution in [0.4, 0.5) is 4.39 Å². The van der Waals surface area contributed by atoms with Crippen LogP contribution in [0.15, 0.2) is 18.2 Å². The second kappa shape index (κ2) is 6.57. The lowest BCUT2D eigenvalue weighted by atomic mass is 9.88. The molecule has 1 spiro atoms. The van der Waals surface area contributed by atoms with Crippen molar-refractivity contribution < 1.29 is 18.7 Å². The minimum absolute atomic E-state index is 0.141. The number of carbonyl (C=O) groups is 1. The molecule has 1 aromatic rings. The molecule has 3 aliphatic rings. The fraction of sp³-hybridized carbons (Fsp3) is 0.632. The van der Waals surface area contributed by atoms with Crippen LogP contribution in [0.2, 0.25) is 0 Å². The van der Waals surface area contributed by atoms with E-state index >= 15 is 0 Å². The minimum Gasteiger partial charge on any atom is -0.494 e. The number of ether oxygens (including phenoxy) is 2. The molecule has 3 aliphatic heterocycles. The van der Waals surface area contributed by atoms with E-state index in [4.69, 9.17) is 9.47 Å². The van der Waals surface area contributed by atoms with Crippen molar-refractivity contribution in [1.29, 1.82) is 0 Å². The maximum absolute atomic E-state index is 13.8. The number of hydrogen-bond acceptors (Lipinski definition) is 4. The fourth-order valence-corrected chi connectivity index (χ4v) is 4.33. The Balaban J connectivity index is 1.35. The second-order valence-electron chi connectivity index (χ2n) is 7.46. The van der Waals surface area contributed by atoms with Gasteiger partial charge in [-0.1, -0.05) is 6.42 Å². The average molecular weight is 348 g/mol. The fourth-order valence-electron chi connectivity index (χ4n) is 4.33. The molecule has 0 aromatic heterocycles. The van der Waals surface area contributed by atoms with Crippen LogP contribution in [0.5, 0.6) is 5.75 Å². The van der Waals surface area contributed by atoms with Crippen LogP contribution in [0.1, 0.15) is 36.0 Å². The third-order valence-electron chi connectivity index (χ3n) is 5.74. The third-order valence-corrected chi connectivity index (χ3v) is 5.74. The van der Waals surface area contributed by atoms with Gasteiger partial charge in [-0.2, -0.15) is 0 Å². The quantitative estimate of drug-likeness (QED) is 0.841. The molecule has 0 bridgehead atoms. The number of rotatable bonds is 3. The van der Waals surface area contributed by atoms with Crippen LogP contribution in [-0.4, -0.2) is 67.2 Å². The molecule has 4 rings (SSSR count). The van der Waals surface area contributed by atoms with E-state index in [1.54, 1.807) is 11.0 Å². The summed E-state index contributed by atoms with van der Waals surface area (Å²) in [6.45, 7) is 4.29. The first kappa shape index (κ1) is 16.8. The first-order valence-corrected chi connectivity index (χ1v) is 9.11. The number of carbonyl (C=O) groups excluding carboxylic acids is 1. The Hall–Kier alpha value is -1.66. The number of benzene rings is 1. The van der Waals surface area contributed by atoms with Crippen molar-refractivity contribution in [1.82, 2.24) is 9.80 Å². The van der Waals surface area contributed by atoms with Crippen molar-refractivity contribution in [3.63, 3.8) is 0 Å². The molecule has 0 radical (unpaired) electrons. The van der Waals surface area contributed by atoms with Gasteiger partial charge < -0.3 is 14.4 Å². The van der Waals surface area contributed by atoms with Gasteiger partial charge in [-0.05, 0) is 50.6 Å². The highest BCUT2D eigenvalue weighted by Crippen LogP contribution is 2.38. The number of hydrogen-bond donors (Lipinski definition) is 0. The maximum atomic E-state index is 13.8. The summed E-state index contributed by atoms with van der Waals surface area (Å²) in [5.41, 5.74) is 0.168. The first-order valence-electron chi connectivity index (χ1n) is 9.11. The number of methoxy groups -OCH3 is 1. The zero-order valence-corrected chi connectivity index (χ0v) is 14.7. The Kier molecular flexibility index (Phi) is 4.41. The van der Waals surface area contributed by atoms with Gasteiger partial charge in [0.15, 0.2) is 11.6 Å². The Morgan fingerprint density at radius 1 is 1.28 bits per heavy atom. The van der Waals surface area contributed by atoms with Gasteiger partial charge in [0.05, 0.1) is 26.8 Å². The molecule has 0 saturated carbocycles. The van der Waals surface area contributed by atoms with Gasteiger partial charge in [0.1, 0.15) is 5.60 Å². The van der Waals surface area contributed by atoms with E-state index in [1.165, 1.54) is 38.5 Å². The number of piperidine rings is 1. The summed E-state index contributed by atoms with van der Waals surface area (Å²) in [5.74, 6) is -0.497. The van der Waals surface area contributed by atoms with Gasteiger partial charge in [-0.15, -0.1) is 0 Å². The van der Waals surface area contributed by atoms with Crippen molar-refractivity contribution in [3.05, 3.63) is 29.6 Å². The Bertz CT molecular complexity index is 654. The lowest BCUT2D eigenvalue weighted by Crippen LogP contribution is -2.63. The highest BCUT2D eigenvalue weighted by molar-refractivity contribution is 5.95. The van der Waals surface area contributed by atoms with E-state index in [0.717, 1.165) is 26.1 Å². The van der Waals surface area contributed by atoms with E-state index in [-0.39, 0.29) is 17.3 Å². The molecule has 0 N–H and O–H groups in total. The number of nitrogens with zero attached hydrogens (tertiary/aromatic N) is 2. The zero-order valence-electron chi connectivity index (χ0n) is 14.7. The highest BCUT2D eigenvalue weighted by atomic mass is 19.1. The van der Waals surface area contributed by atoms with Crippen LogP contribution in [0.25, 0.3) is 0 Å². The number of halogens is 1. The van der Waals surface area contributed by atoms with Gasteiger partial charge in [0.2, 0.25) is 0 Å². The number of amides is 1. The van der Waals surface area contributed by atoms with Crippen LogP contribution in [0, 0.1) is 5.82 Å². The summed E-state index contributed by atoms with van der Waals surface area (Å²) in [6, 6.07) is 4.84. The Morgan fingerprint density at radius 3 is 2.72 bits per heavy atom. The predicted molar refractivity (Wildman–Crippen MR) is 91.4 cm³/mol. The third kappa shape index (κ3) is 3.13. The molecule has 25 heavy (non-hydrogen) atoms. The van der Waals surface area contributed by atoms with Crippen molar-refractivity contribution >= 4 is 5.91 Å². The van der Waals surface area contributed by atoms with Gasteiger partial charge in [-0.25, -0.2) is 4.39 Å².